The number of aliphatic hydroxyl groups is 2. The Labute approximate surface area is 184 Å². The fourth-order valence-electron chi connectivity index (χ4n) is 2.57. The highest BCUT2D eigenvalue weighted by Crippen LogP contribution is 2.66. The molecule has 21 heteroatoms. The SMILES string of the molecule is NC/C=C/c1cn([C@@H]2O[C@H](COP(=O)(O)OP(=O)(O)OP(=O)(O)O)[C@H](O)C2O)c(=O)nc1N. The van der Waals surface area contributed by atoms with Crippen molar-refractivity contribution in [3.8, 4) is 0 Å². The zero-order chi connectivity index (χ0) is 25.2. The predicted octanol–water partition coefficient (Wildman–Crippen LogP) is -2.24. The molecule has 188 valence electrons. The molecule has 0 saturated carbocycles. The second-order valence-corrected chi connectivity index (χ2v) is 10.8. The Morgan fingerprint density at radius 1 is 1.12 bits per heavy atom. The lowest BCUT2D eigenvalue weighted by atomic mass is 10.1. The standard InChI is InChI=1S/C12H21N4O14P3/c13-3-1-2-6-4-16(12(19)15-10(6)14)11-9(18)8(17)7(28-11)5-27-32(23,24)30-33(25,26)29-31(20,21)22/h1-2,4,7-9,11,17-18H,3,5,13H2,(H,23,24)(H,25,26)(H2,14,15,19)(H2,20,21,22)/b2-1+/t7-,8+,9?,11-/m1/s1. The molecule has 1 aromatic rings. The maximum atomic E-state index is 12.2. The van der Waals surface area contributed by atoms with Gasteiger partial charge in [0.2, 0.25) is 0 Å². The molecular weight excluding hydrogens is 517 g/mol. The lowest BCUT2D eigenvalue weighted by Crippen LogP contribution is -2.36. The average molecular weight is 538 g/mol. The van der Waals surface area contributed by atoms with Gasteiger partial charge in [0.05, 0.1) is 6.61 Å². The van der Waals surface area contributed by atoms with Gasteiger partial charge in [-0.05, 0) is 0 Å². The maximum Gasteiger partial charge on any atom is 0.490 e. The van der Waals surface area contributed by atoms with E-state index in [-0.39, 0.29) is 17.9 Å². The Kier molecular flexibility index (Phi) is 8.89. The first-order valence-electron chi connectivity index (χ1n) is 8.60. The molecule has 6 atom stereocenters. The molecule has 1 aliphatic rings. The third kappa shape index (κ3) is 7.85. The highest BCUT2D eigenvalue weighted by molar-refractivity contribution is 7.66. The van der Waals surface area contributed by atoms with Gasteiger partial charge in [0.1, 0.15) is 24.1 Å². The minimum Gasteiger partial charge on any atom is -0.387 e. The lowest BCUT2D eigenvalue weighted by molar-refractivity contribution is -0.0541. The molecule has 33 heavy (non-hydrogen) atoms. The van der Waals surface area contributed by atoms with Gasteiger partial charge < -0.3 is 46.0 Å². The van der Waals surface area contributed by atoms with E-state index < -0.39 is 60.3 Å². The zero-order valence-electron chi connectivity index (χ0n) is 16.3. The summed E-state index contributed by atoms with van der Waals surface area (Å²) in [6, 6.07) is 0. The summed E-state index contributed by atoms with van der Waals surface area (Å²) in [4.78, 5) is 51.3. The lowest BCUT2D eigenvalue weighted by Gasteiger charge is -2.19. The van der Waals surface area contributed by atoms with E-state index in [0.29, 0.717) is 0 Å². The van der Waals surface area contributed by atoms with Gasteiger partial charge in [0, 0.05) is 18.3 Å². The van der Waals surface area contributed by atoms with Crippen LogP contribution in [0.3, 0.4) is 0 Å². The van der Waals surface area contributed by atoms with Crippen molar-refractivity contribution in [2.45, 2.75) is 24.5 Å². The monoisotopic (exact) mass is 538 g/mol. The van der Waals surface area contributed by atoms with Crippen LogP contribution >= 0.6 is 23.5 Å². The molecule has 0 amide bonds. The first-order chi connectivity index (χ1) is 15.1. The predicted molar refractivity (Wildman–Crippen MR) is 107 cm³/mol. The normalized spacial score (nSPS) is 27.5. The van der Waals surface area contributed by atoms with Crippen molar-refractivity contribution < 1.29 is 61.4 Å². The van der Waals surface area contributed by atoms with Crippen molar-refractivity contribution >= 4 is 35.4 Å². The highest BCUT2D eigenvalue weighted by atomic mass is 31.3. The van der Waals surface area contributed by atoms with E-state index in [0.717, 1.165) is 10.8 Å². The van der Waals surface area contributed by atoms with Crippen LogP contribution in [0.25, 0.3) is 6.08 Å². The third-order valence-corrected chi connectivity index (χ3v) is 7.68. The van der Waals surface area contributed by atoms with Crippen LogP contribution in [0.2, 0.25) is 0 Å². The fourth-order valence-corrected chi connectivity index (χ4v) is 5.60. The molecule has 0 aliphatic carbocycles. The molecule has 2 heterocycles. The van der Waals surface area contributed by atoms with Crippen LogP contribution in [0.5, 0.6) is 0 Å². The van der Waals surface area contributed by atoms with Crippen LogP contribution in [-0.4, -0.2) is 70.8 Å². The van der Waals surface area contributed by atoms with Crippen molar-refractivity contribution in [1.29, 1.82) is 0 Å². The molecule has 1 saturated heterocycles. The quantitative estimate of drug-likeness (QED) is 0.146. The Morgan fingerprint density at radius 3 is 2.33 bits per heavy atom. The summed E-state index contributed by atoms with van der Waals surface area (Å²) in [6.07, 6.45) is -2.62. The van der Waals surface area contributed by atoms with Gasteiger partial charge in [-0.2, -0.15) is 13.6 Å². The zero-order valence-corrected chi connectivity index (χ0v) is 19.0. The summed E-state index contributed by atoms with van der Waals surface area (Å²) in [5, 5.41) is 20.4. The van der Waals surface area contributed by atoms with Gasteiger partial charge in [-0.15, -0.1) is 0 Å². The smallest absolute Gasteiger partial charge is 0.387 e. The van der Waals surface area contributed by atoms with E-state index >= 15 is 0 Å². The summed E-state index contributed by atoms with van der Waals surface area (Å²) >= 11 is 0. The number of rotatable bonds is 10. The number of phosphoric ester groups is 1. The van der Waals surface area contributed by atoms with E-state index in [2.05, 4.69) is 18.1 Å². The Bertz CT molecular complexity index is 1090. The number of hydrogen-bond acceptors (Lipinski definition) is 13. The Hall–Kier alpha value is -1.33. The van der Waals surface area contributed by atoms with Crippen molar-refractivity contribution in [2.24, 2.45) is 5.73 Å². The van der Waals surface area contributed by atoms with Crippen LogP contribution in [0.4, 0.5) is 5.82 Å². The third-order valence-electron chi connectivity index (χ3n) is 3.87. The van der Waals surface area contributed by atoms with Crippen molar-refractivity contribution in [2.75, 3.05) is 18.9 Å². The Balaban J connectivity index is 2.14. The minimum absolute atomic E-state index is 0.141. The molecule has 1 aromatic heterocycles. The number of hydrogen-bond donors (Lipinski definition) is 8. The number of ether oxygens (including phenoxy) is 1. The number of anilines is 1. The highest BCUT2D eigenvalue weighted by Gasteiger charge is 2.46. The number of phosphoric acid groups is 3. The van der Waals surface area contributed by atoms with Crippen LogP contribution in [-0.2, 0) is 31.6 Å². The number of aliphatic hydroxyl groups excluding tert-OH is 2. The topological polar surface area (TPSA) is 296 Å². The summed E-state index contributed by atoms with van der Waals surface area (Å²) in [7, 11) is -16.8. The van der Waals surface area contributed by atoms with E-state index in [9.17, 15) is 33.6 Å². The Morgan fingerprint density at radius 2 is 1.76 bits per heavy atom. The van der Waals surface area contributed by atoms with Gasteiger partial charge in [-0.3, -0.25) is 9.09 Å². The molecule has 1 fully saturated rings. The van der Waals surface area contributed by atoms with Crippen LogP contribution in [0, 0.1) is 0 Å². The largest absolute Gasteiger partial charge is 0.490 e. The summed E-state index contributed by atoms with van der Waals surface area (Å²) in [5.41, 5.74) is 10.2. The van der Waals surface area contributed by atoms with Crippen molar-refractivity contribution in [1.82, 2.24) is 9.55 Å². The molecule has 0 aromatic carbocycles. The average Bonchev–Trinajstić information content (AvgIpc) is 2.91. The maximum absolute atomic E-state index is 12.2. The van der Waals surface area contributed by atoms with Crippen LogP contribution in [0.1, 0.15) is 11.8 Å². The fraction of sp³-hybridized carbons (Fsp3) is 0.500. The van der Waals surface area contributed by atoms with E-state index in [1.54, 1.807) is 0 Å². The van der Waals surface area contributed by atoms with Crippen molar-refractivity contribution in [3.63, 3.8) is 0 Å². The number of aromatic nitrogens is 2. The second kappa shape index (κ2) is 10.5. The molecule has 1 aliphatic heterocycles. The summed E-state index contributed by atoms with van der Waals surface area (Å²) in [6.45, 7) is -0.905. The number of nitrogen functional groups attached to an aromatic ring is 1. The number of nitrogens with two attached hydrogens (primary N) is 2. The summed E-state index contributed by atoms with van der Waals surface area (Å²) < 4.78 is 51.3. The molecule has 2 rings (SSSR count). The van der Waals surface area contributed by atoms with Crippen molar-refractivity contribution in [3.05, 3.63) is 28.3 Å². The molecule has 18 nitrogen and oxygen atoms in total. The van der Waals surface area contributed by atoms with E-state index in [4.69, 9.17) is 30.9 Å². The van der Waals surface area contributed by atoms with Gasteiger partial charge in [-0.25, -0.2) is 18.5 Å². The van der Waals surface area contributed by atoms with Gasteiger partial charge in [-0.1, -0.05) is 12.2 Å². The van der Waals surface area contributed by atoms with E-state index in [1.807, 2.05) is 0 Å². The van der Waals surface area contributed by atoms with E-state index in [1.165, 1.54) is 12.2 Å². The van der Waals surface area contributed by atoms with Gasteiger partial charge in [0.25, 0.3) is 0 Å². The molecule has 3 unspecified atom stereocenters. The van der Waals surface area contributed by atoms with Gasteiger partial charge in [0.15, 0.2) is 6.23 Å². The molecule has 0 bridgehead atoms. The van der Waals surface area contributed by atoms with Crippen LogP contribution in [0.15, 0.2) is 17.1 Å². The second-order valence-electron chi connectivity index (χ2n) is 6.34. The minimum atomic E-state index is -5.75. The first kappa shape index (κ1) is 27.9. The first-order valence-corrected chi connectivity index (χ1v) is 13.1. The molecule has 0 radical (unpaired) electrons. The molecule has 10 N–H and O–H groups in total. The molecular formula is C12H21N4O14P3. The number of nitrogens with zero attached hydrogens (tertiary/aromatic N) is 2. The summed E-state index contributed by atoms with van der Waals surface area (Å²) in [5.74, 6) is -0.154. The van der Waals surface area contributed by atoms with Gasteiger partial charge >= 0.3 is 29.2 Å². The molecule has 0 spiro atoms. The van der Waals surface area contributed by atoms with Crippen LogP contribution < -0.4 is 17.2 Å².